The number of aromatic nitrogens is 2. The van der Waals surface area contributed by atoms with Gasteiger partial charge in [0.25, 0.3) is 5.91 Å². The summed E-state index contributed by atoms with van der Waals surface area (Å²) in [4.78, 5) is 14.7. The van der Waals surface area contributed by atoms with Crippen LogP contribution in [0, 0.1) is 5.21 Å². The molecule has 2 aromatic carbocycles. The van der Waals surface area contributed by atoms with Crippen LogP contribution in [-0.4, -0.2) is 34.2 Å². The van der Waals surface area contributed by atoms with Crippen molar-refractivity contribution in [2.45, 2.75) is 32.2 Å². The first-order chi connectivity index (χ1) is 15.1. The average molecular weight is 423 g/mol. The molecule has 162 valence electrons. The van der Waals surface area contributed by atoms with Crippen LogP contribution >= 0.6 is 0 Å². The normalized spacial score (nSPS) is 14.4. The minimum atomic E-state index is -0.217. The third kappa shape index (κ3) is 4.25. The second-order valence-corrected chi connectivity index (χ2v) is 7.47. The van der Waals surface area contributed by atoms with Crippen molar-refractivity contribution in [2.75, 3.05) is 23.7 Å². The van der Waals surface area contributed by atoms with Gasteiger partial charge in [0, 0.05) is 13.1 Å². The lowest BCUT2D eigenvalue weighted by Gasteiger charge is -2.17. The third-order valence-electron chi connectivity index (χ3n) is 5.45. The Bertz CT molecular complexity index is 1050. The number of nitrogens with one attached hydrogen (secondary N) is 2. The number of likely N-dealkylation sites (tertiary alicyclic amines) is 1. The van der Waals surface area contributed by atoms with Crippen molar-refractivity contribution >= 4 is 23.2 Å². The predicted molar refractivity (Wildman–Crippen MR) is 115 cm³/mol. The smallest absolute Gasteiger partial charge is 0.320 e. The molecule has 0 unspecified atom stereocenters. The molecule has 0 spiro atoms. The number of carbonyl (C=O) groups is 1. The minimum Gasteiger partial charge on any atom is -0.505 e. The minimum absolute atomic E-state index is 0.0892. The standard InChI is InChI=1S/C22H25N5O4/c1-2-17(15-9-4-3-5-10-15)24-21-20(25-31-27(21)30)23-18-12-8-11-16(19(18)28)22(29)26-13-6-7-14-26/h3-5,8-12,17,24,28H,2,6-7,13-14H2,1H3,(H,23,25)/t17-/m1/s1. The molecule has 3 aromatic rings. The molecule has 31 heavy (non-hydrogen) atoms. The zero-order chi connectivity index (χ0) is 21.8. The molecule has 1 atom stereocenters. The van der Waals surface area contributed by atoms with Crippen LogP contribution < -0.4 is 15.5 Å². The van der Waals surface area contributed by atoms with Crippen LogP contribution in [-0.2, 0) is 0 Å². The van der Waals surface area contributed by atoms with Gasteiger partial charge in [-0.15, -0.1) is 0 Å². The first-order valence-corrected chi connectivity index (χ1v) is 10.4. The van der Waals surface area contributed by atoms with Gasteiger partial charge in [-0.3, -0.25) is 10.1 Å². The number of rotatable bonds is 7. The summed E-state index contributed by atoms with van der Waals surface area (Å²) < 4.78 is 4.78. The van der Waals surface area contributed by atoms with Gasteiger partial charge in [0.15, 0.2) is 5.75 Å². The number of aromatic hydroxyl groups is 1. The molecule has 0 bridgehead atoms. The van der Waals surface area contributed by atoms with Crippen molar-refractivity contribution < 1.29 is 19.4 Å². The van der Waals surface area contributed by atoms with E-state index in [1.54, 1.807) is 23.1 Å². The first-order valence-electron chi connectivity index (χ1n) is 10.4. The van der Waals surface area contributed by atoms with Crippen molar-refractivity contribution in [1.29, 1.82) is 0 Å². The summed E-state index contributed by atoms with van der Waals surface area (Å²) in [6, 6.07) is 14.4. The second-order valence-electron chi connectivity index (χ2n) is 7.47. The maximum Gasteiger partial charge on any atom is 0.320 e. The van der Waals surface area contributed by atoms with Crippen molar-refractivity contribution in [2.24, 2.45) is 0 Å². The third-order valence-corrected chi connectivity index (χ3v) is 5.45. The fourth-order valence-electron chi connectivity index (χ4n) is 3.76. The van der Waals surface area contributed by atoms with Crippen LogP contribution in [0.4, 0.5) is 17.3 Å². The summed E-state index contributed by atoms with van der Waals surface area (Å²) in [6.45, 7) is 3.36. The molecular formula is C22H25N5O4. The number of benzene rings is 2. The van der Waals surface area contributed by atoms with Crippen LogP contribution in [0.3, 0.4) is 0 Å². The molecular weight excluding hydrogens is 398 g/mol. The number of hydrogen-bond donors (Lipinski definition) is 3. The second kappa shape index (κ2) is 8.95. The highest BCUT2D eigenvalue weighted by atomic mass is 16.8. The van der Waals surface area contributed by atoms with Crippen LogP contribution in [0.1, 0.15) is 48.1 Å². The largest absolute Gasteiger partial charge is 0.505 e. The van der Waals surface area contributed by atoms with Crippen LogP contribution in [0.2, 0.25) is 0 Å². The number of anilines is 3. The van der Waals surface area contributed by atoms with Gasteiger partial charge in [-0.25, -0.2) is 0 Å². The summed E-state index contributed by atoms with van der Waals surface area (Å²) >= 11 is 0. The molecule has 9 nitrogen and oxygen atoms in total. The monoisotopic (exact) mass is 423 g/mol. The molecule has 1 aliphatic heterocycles. The van der Waals surface area contributed by atoms with Crippen molar-refractivity contribution in [3.8, 4) is 5.75 Å². The molecule has 4 rings (SSSR count). The number of amides is 1. The zero-order valence-electron chi connectivity index (χ0n) is 17.2. The molecule has 9 heteroatoms. The lowest BCUT2D eigenvalue weighted by Crippen LogP contribution is -2.29. The first kappa shape index (κ1) is 20.5. The summed E-state index contributed by atoms with van der Waals surface area (Å²) in [7, 11) is 0. The Kier molecular flexibility index (Phi) is 5.92. The summed E-state index contributed by atoms with van der Waals surface area (Å²) in [5.41, 5.74) is 1.48. The van der Waals surface area contributed by atoms with Gasteiger partial charge in [0.05, 0.1) is 17.3 Å². The van der Waals surface area contributed by atoms with Crippen LogP contribution in [0.25, 0.3) is 0 Å². The van der Waals surface area contributed by atoms with Gasteiger partial charge in [-0.05, 0) is 42.1 Å². The molecule has 0 aliphatic carbocycles. The SMILES string of the molecule is CC[C@@H](Nc1c(Nc2cccc(C(=O)N3CCCC3)c2O)no[n+]1[O-])c1ccccc1. The predicted octanol–water partition coefficient (Wildman–Crippen LogP) is 3.56. The Morgan fingerprint density at radius 1 is 1.23 bits per heavy atom. The maximum absolute atomic E-state index is 12.7. The van der Waals surface area contributed by atoms with E-state index in [-0.39, 0.29) is 45.5 Å². The number of carbonyl (C=O) groups excluding carboxylic acids is 1. The van der Waals surface area contributed by atoms with Crippen LogP contribution in [0.5, 0.6) is 5.75 Å². The van der Waals surface area contributed by atoms with E-state index in [9.17, 15) is 15.1 Å². The maximum atomic E-state index is 12.7. The van der Waals surface area contributed by atoms with E-state index in [0.29, 0.717) is 13.1 Å². The molecule has 1 aromatic heterocycles. The van der Waals surface area contributed by atoms with Gasteiger partial charge in [-0.1, -0.05) is 48.2 Å². The van der Waals surface area contributed by atoms with Gasteiger partial charge < -0.3 is 25.2 Å². The number of phenols is 1. The topological polar surface area (TPSA) is 118 Å². The van der Waals surface area contributed by atoms with E-state index in [4.69, 9.17) is 4.63 Å². The number of phenolic OH excluding ortho intramolecular Hbond substituents is 1. The highest BCUT2D eigenvalue weighted by Gasteiger charge is 2.26. The van der Waals surface area contributed by atoms with E-state index < -0.39 is 0 Å². The average Bonchev–Trinajstić information content (AvgIpc) is 3.44. The molecule has 2 heterocycles. The summed E-state index contributed by atoms with van der Waals surface area (Å²) in [6.07, 6.45) is 2.64. The molecule has 3 N–H and O–H groups in total. The van der Waals surface area contributed by atoms with Gasteiger partial charge >= 0.3 is 11.6 Å². The summed E-state index contributed by atoms with van der Waals surface area (Å²) in [5, 5.41) is 32.8. The Labute approximate surface area is 179 Å². The van der Waals surface area contributed by atoms with Gasteiger partial charge in [-0.2, -0.15) is 0 Å². The fourth-order valence-corrected chi connectivity index (χ4v) is 3.76. The Morgan fingerprint density at radius 2 is 1.97 bits per heavy atom. The highest BCUT2D eigenvalue weighted by molar-refractivity contribution is 5.99. The molecule has 1 amide bonds. The van der Waals surface area contributed by atoms with E-state index in [0.717, 1.165) is 24.8 Å². The molecule has 1 saturated heterocycles. The summed E-state index contributed by atoms with van der Waals surface area (Å²) in [5.74, 6) is -0.205. The van der Waals surface area contributed by atoms with Crippen molar-refractivity contribution in [3.05, 3.63) is 64.9 Å². The Hall–Kier alpha value is -3.75. The van der Waals surface area contributed by atoms with Crippen LogP contribution in [0.15, 0.2) is 53.2 Å². The molecule has 0 radical (unpaired) electrons. The van der Waals surface area contributed by atoms with E-state index in [1.807, 2.05) is 37.3 Å². The lowest BCUT2D eigenvalue weighted by atomic mass is 10.0. The van der Waals surface area contributed by atoms with E-state index in [1.165, 1.54) is 0 Å². The number of para-hydroxylation sites is 1. The zero-order valence-corrected chi connectivity index (χ0v) is 17.2. The van der Waals surface area contributed by atoms with E-state index in [2.05, 4.69) is 15.8 Å². The molecule has 1 fully saturated rings. The Balaban J connectivity index is 1.58. The van der Waals surface area contributed by atoms with Gasteiger partial charge in [0.2, 0.25) is 0 Å². The quantitative estimate of drug-likeness (QED) is 0.393. The van der Waals surface area contributed by atoms with Crippen molar-refractivity contribution in [1.82, 2.24) is 10.1 Å². The van der Waals surface area contributed by atoms with Gasteiger partial charge in [0.1, 0.15) is 0 Å². The molecule has 0 saturated carbocycles. The van der Waals surface area contributed by atoms with Crippen molar-refractivity contribution in [3.63, 3.8) is 0 Å². The van der Waals surface area contributed by atoms with E-state index >= 15 is 0 Å². The molecule has 1 aliphatic rings. The number of hydrogen-bond acceptors (Lipinski definition) is 7. The number of nitrogens with zero attached hydrogens (tertiary/aromatic N) is 3. The fraction of sp³-hybridized carbons (Fsp3) is 0.318. The Morgan fingerprint density at radius 3 is 2.68 bits per heavy atom. The lowest BCUT2D eigenvalue weighted by molar-refractivity contribution is -0.791. The highest BCUT2D eigenvalue weighted by Crippen LogP contribution is 2.33.